The monoisotopic (exact) mass is 443 g/mol. The number of hydrogen-bond acceptors (Lipinski definition) is 7. The number of nitrogens with zero attached hydrogens (tertiary/aromatic N) is 5. The van der Waals surface area contributed by atoms with Gasteiger partial charge >= 0.3 is 0 Å². The average molecular weight is 444 g/mol. The molecule has 9 heteroatoms. The molecule has 0 saturated carbocycles. The zero-order valence-electron chi connectivity index (χ0n) is 17.2. The molecule has 0 amide bonds. The molecular weight excluding hydrogens is 418 g/mol. The van der Waals surface area contributed by atoms with E-state index in [1.54, 1.807) is 28.8 Å². The third-order valence-electron chi connectivity index (χ3n) is 6.01. The maximum absolute atomic E-state index is 13.6. The molecular formula is C21H25N5O2S2. The molecule has 1 saturated heterocycles. The maximum atomic E-state index is 13.6. The molecule has 5 rings (SSSR count). The molecule has 2 aromatic heterocycles. The lowest BCUT2D eigenvalue weighted by atomic mass is 10.2. The second kappa shape index (κ2) is 7.55. The van der Waals surface area contributed by atoms with Gasteiger partial charge in [0.2, 0.25) is 9.84 Å². The first kappa shape index (κ1) is 19.8. The summed E-state index contributed by atoms with van der Waals surface area (Å²) in [7, 11) is -1.60. The van der Waals surface area contributed by atoms with Crippen molar-refractivity contribution in [2.45, 2.75) is 34.1 Å². The Morgan fingerprint density at radius 3 is 2.47 bits per heavy atom. The summed E-state index contributed by atoms with van der Waals surface area (Å²) in [6, 6.07) is 8.59. The number of piperazine rings is 1. The Balaban J connectivity index is 1.77. The van der Waals surface area contributed by atoms with E-state index in [0.717, 1.165) is 57.0 Å². The van der Waals surface area contributed by atoms with Gasteiger partial charge in [-0.05, 0) is 44.7 Å². The fourth-order valence-corrected chi connectivity index (χ4v) is 6.81. The van der Waals surface area contributed by atoms with Crippen LogP contribution in [0.4, 0.5) is 5.82 Å². The van der Waals surface area contributed by atoms with Gasteiger partial charge in [-0.2, -0.15) is 9.61 Å². The van der Waals surface area contributed by atoms with E-state index in [1.807, 2.05) is 12.3 Å². The fourth-order valence-electron chi connectivity index (χ4n) is 4.40. The third kappa shape index (κ3) is 3.11. The van der Waals surface area contributed by atoms with Crippen LogP contribution < -0.4 is 4.90 Å². The first-order valence-electron chi connectivity index (χ1n) is 10.2. The Bertz CT molecular complexity index is 1200. The molecule has 1 fully saturated rings. The Hall–Kier alpha value is -2.10. The number of thioether (sulfide) groups is 1. The zero-order valence-corrected chi connectivity index (χ0v) is 18.8. The second-order valence-corrected chi connectivity index (χ2v) is 10.6. The molecule has 1 aliphatic heterocycles. The summed E-state index contributed by atoms with van der Waals surface area (Å²) >= 11 is 1.36. The molecule has 1 aliphatic carbocycles. The normalized spacial score (nSPS) is 17.6. The fraction of sp³-hybridized carbons (Fsp3) is 0.429. The van der Waals surface area contributed by atoms with Crippen molar-refractivity contribution in [2.24, 2.45) is 0 Å². The van der Waals surface area contributed by atoms with Crippen molar-refractivity contribution in [3.63, 3.8) is 0 Å². The van der Waals surface area contributed by atoms with Crippen LogP contribution in [-0.2, 0) is 22.7 Å². The number of aryl methyl sites for hydroxylation is 1. The summed E-state index contributed by atoms with van der Waals surface area (Å²) in [6.45, 7) is 3.75. The van der Waals surface area contributed by atoms with Crippen LogP contribution in [0.2, 0.25) is 0 Å². The summed E-state index contributed by atoms with van der Waals surface area (Å²) in [5.74, 6) is 1.03. The van der Waals surface area contributed by atoms with Crippen LogP contribution in [0.1, 0.15) is 17.7 Å². The van der Waals surface area contributed by atoms with Crippen molar-refractivity contribution in [2.75, 3.05) is 44.4 Å². The van der Waals surface area contributed by atoms with Gasteiger partial charge in [0.05, 0.1) is 4.90 Å². The SMILES string of the molecule is CSc1nn2c(N3CCN(C)CC3)c3c(nc2c1S(=O)(=O)c1ccccc1)CCC3. The smallest absolute Gasteiger partial charge is 0.213 e. The number of likely N-dealkylation sites (N-methyl/N-ethyl adjacent to an activating group) is 1. The standard InChI is InChI=1S/C21H25N5O2S2/c1-24-11-13-25(14-12-24)21-16-9-6-10-17(16)22-19-18(20(29-2)23-26(19)21)30(27,28)15-7-4-3-5-8-15/h3-5,7-8H,6,9-14H2,1-2H3. The van der Waals surface area contributed by atoms with E-state index < -0.39 is 9.84 Å². The van der Waals surface area contributed by atoms with E-state index in [2.05, 4.69) is 16.8 Å². The van der Waals surface area contributed by atoms with Crippen molar-refractivity contribution in [1.82, 2.24) is 19.5 Å². The van der Waals surface area contributed by atoms with Crippen LogP contribution in [0, 0.1) is 0 Å². The molecule has 0 spiro atoms. The van der Waals surface area contributed by atoms with Gasteiger partial charge < -0.3 is 9.80 Å². The van der Waals surface area contributed by atoms with Crippen LogP contribution in [-0.4, -0.2) is 67.4 Å². The van der Waals surface area contributed by atoms with E-state index in [4.69, 9.17) is 10.1 Å². The molecule has 30 heavy (non-hydrogen) atoms. The van der Waals surface area contributed by atoms with Gasteiger partial charge in [-0.15, -0.1) is 11.8 Å². The van der Waals surface area contributed by atoms with Crippen molar-refractivity contribution in [3.8, 4) is 0 Å². The highest BCUT2D eigenvalue weighted by atomic mass is 32.2. The van der Waals surface area contributed by atoms with Crippen molar-refractivity contribution in [3.05, 3.63) is 41.6 Å². The Labute approximate surface area is 181 Å². The topological polar surface area (TPSA) is 70.8 Å². The quantitative estimate of drug-likeness (QED) is 0.574. The molecule has 0 N–H and O–H groups in total. The van der Waals surface area contributed by atoms with E-state index in [9.17, 15) is 8.42 Å². The lowest BCUT2D eigenvalue weighted by molar-refractivity contribution is 0.311. The van der Waals surface area contributed by atoms with Crippen LogP contribution in [0.25, 0.3) is 5.65 Å². The Kier molecular flexibility index (Phi) is 4.99. The highest BCUT2D eigenvalue weighted by Crippen LogP contribution is 2.38. The number of aromatic nitrogens is 3. The molecule has 1 aromatic carbocycles. The number of sulfone groups is 1. The highest BCUT2D eigenvalue weighted by molar-refractivity contribution is 7.99. The largest absolute Gasteiger partial charge is 0.354 e. The maximum Gasteiger partial charge on any atom is 0.213 e. The highest BCUT2D eigenvalue weighted by Gasteiger charge is 2.33. The van der Waals surface area contributed by atoms with Gasteiger partial charge in [-0.3, -0.25) is 0 Å². The summed E-state index contributed by atoms with van der Waals surface area (Å²) in [5, 5.41) is 5.28. The van der Waals surface area contributed by atoms with Crippen LogP contribution >= 0.6 is 11.8 Å². The van der Waals surface area contributed by atoms with E-state index >= 15 is 0 Å². The van der Waals surface area contributed by atoms with Crippen LogP contribution in [0.5, 0.6) is 0 Å². The van der Waals surface area contributed by atoms with Gasteiger partial charge in [0.25, 0.3) is 0 Å². The lowest BCUT2D eigenvalue weighted by Gasteiger charge is -2.35. The van der Waals surface area contributed by atoms with Crippen molar-refractivity contribution < 1.29 is 8.42 Å². The first-order chi connectivity index (χ1) is 14.5. The number of hydrogen-bond donors (Lipinski definition) is 0. The van der Waals surface area contributed by atoms with Crippen molar-refractivity contribution in [1.29, 1.82) is 0 Å². The molecule has 3 aromatic rings. The predicted molar refractivity (Wildman–Crippen MR) is 118 cm³/mol. The zero-order chi connectivity index (χ0) is 20.9. The Morgan fingerprint density at radius 1 is 1.03 bits per heavy atom. The molecule has 7 nitrogen and oxygen atoms in total. The van der Waals surface area contributed by atoms with Gasteiger partial charge in [-0.1, -0.05) is 18.2 Å². The van der Waals surface area contributed by atoms with Crippen molar-refractivity contribution >= 4 is 33.1 Å². The average Bonchev–Trinajstić information content (AvgIpc) is 3.37. The molecule has 0 unspecified atom stereocenters. The minimum absolute atomic E-state index is 0.228. The number of fused-ring (bicyclic) bond motifs is 2. The predicted octanol–water partition coefficient (Wildman–Crippen LogP) is 2.52. The Morgan fingerprint density at radius 2 is 1.77 bits per heavy atom. The number of benzene rings is 1. The summed E-state index contributed by atoms with van der Waals surface area (Å²) in [4.78, 5) is 10.0. The van der Waals surface area contributed by atoms with Gasteiger partial charge in [-0.25, -0.2) is 13.4 Å². The molecule has 2 aliphatic rings. The third-order valence-corrected chi connectivity index (χ3v) is 8.62. The number of rotatable bonds is 4. The van der Waals surface area contributed by atoms with E-state index in [1.165, 1.54) is 17.3 Å². The molecule has 0 bridgehead atoms. The number of anilines is 1. The van der Waals surface area contributed by atoms with Gasteiger partial charge in [0.1, 0.15) is 10.8 Å². The summed E-state index contributed by atoms with van der Waals surface area (Å²) < 4.78 is 29.0. The van der Waals surface area contributed by atoms with Gasteiger partial charge in [0.15, 0.2) is 10.5 Å². The van der Waals surface area contributed by atoms with E-state index in [-0.39, 0.29) is 9.79 Å². The minimum Gasteiger partial charge on any atom is -0.354 e. The van der Waals surface area contributed by atoms with Crippen LogP contribution in [0.15, 0.2) is 45.1 Å². The molecule has 0 radical (unpaired) electrons. The molecule has 3 heterocycles. The molecule has 0 atom stereocenters. The molecule has 158 valence electrons. The van der Waals surface area contributed by atoms with Gasteiger partial charge in [0, 0.05) is 37.4 Å². The summed E-state index contributed by atoms with van der Waals surface area (Å²) in [5.41, 5.74) is 2.71. The first-order valence-corrected chi connectivity index (χ1v) is 12.9. The second-order valence-electron chi connectivity index (χ2n) is 7.89. The minimum atomic E-state index is -3.73. The lowest BCUT2D eigenvalue weighted by Crippen LogP contribution is -2.45. The van der Waals surface area contributed by atoms with Crippen LogP contribution in [0.3, 0.4) is 0 Å². The summed E-state index contributed by atoms with van der Waals surface area (Å²) in [6.07, 6.45) is 4.77. The van der Waals surface area contributed by atoms with E-state index in [0.29, 0.717) is 10.7 Å².